The van der Waals surface area contributed by atoms with Gasteiger partial charge in [0.25, 0.3) is 0 Å². The number of rotatable bonds is 34. The fourth-order valence-electron chi connectivity index (χ4n) is 6.07. The summed E-state index contributed by atoms with van der Waals surface area (Å²) in [5.74, 6) is 0. The molecular weight excluding hydrogens is 526 g/mol. The molecule has 3 heteroatoms. The van der Waals surface area contributed by atoms with Crippen molar-refractivity contribution in [1.82, 2.24) is 5.32 Å². The van der Waals surface area contributed by atoms with Gasteiger partial charge in [-0.15, -0.1) is 0 Å². The Morgan fingerprint density at radius 2 is 0.651 bits per heavy atom. The fraction of sp³-hybridized carbons (Fsp3) is 0.900. The third kappa shape index (κ3) is 31.1. The van der Waals surface area contributed by atoms with Gasteiger partial charge in [-0.05, 0) is 78.1 Å². The minimum Gasteiger partial charge on any atom is -0.392 e. The zero-order valence-electron chi connectivity index (χ0n) is 29.8. The molecule has 0 aliphatic carbocycles. The van der Waals surface area contributed by atoms with Crippen LogP contribution in [0.2, 0.25) is 0 Å². The van der Waals surface area contributed by atoms with Gasteiger partial charge in [0.15, 0.2) is 0 Å². The molecule has 0 aromatic carbocycles. The summed E-state index contributed by atoms with van der Waals surface area (Å²) in [6, 6.07) is 0.153. The standard InChI is InChI=1S/C40H79NO2/c1-5-7-9-11-13-15-17-19-21-23-25-27-29-31-33-35-39(37(3)42)41-40(38(4)43)36-34-32-30-28-26-24-22-20-18-16-14-12-10-8-6-2/h19-22,37-43H,5-18,23-36H2,1-4H3/b21-19-,22-20-. The summed E-state index contributed by atoms with van der Waals surface area (Å²) in [5.41, 5.74) is 0. The summed E-state index contributed by atoms with van der Waals surface area (Å²) in [6.45, 7) is 8.36. The van der Waals surface area contributed by atoms with Crippen LogP contribution >= 0.6 is 0 Å². The van der Waals surface area contributed by atoms with Crippen molar-refractivity contribution in [2.45, 2.75) is 232 Å². The molecule has 0 aliphatic heterocycles. The lowest BCUT2D eigenvalue weighted by Gasteiger charge is -2.29. The molecule has 4 unspecified atom stereocenters. The molecule has 43 heavy (non-hydrogen) atoms. The first-order valence-corrected chi connectivity index (χ1v) is 19.4. The molecule has 0 saturated carbocycles. The number of aliphatic hydroxyl groups excluding tert-OH is 2. The lowest BCUT2D eigenvalue weighted by molar-refractivity contribution is 0.0898. The van der Waals surface area contributed by atoms with Gasteiger partial charge in [0.2, 0.25) is 0 Å². The van der Waals surface area contributed by atoms with Crippen LogP contribution in [-0.2, 0) is 0 Å². The van der Waals surface area contributed by atoms with Crippen molar-refractivity contribution in [2.24, 2.45) is 0 Å². The van der Waals surface area contributed by atoms with Crippen molar-refractivity contribution in [1.29, 1.82) is 0 Å². The molecule has 0 amide bonds. The van der Waals surface area contributed by atoms with E-state index in [2.05, 4.69) is 43.5 Å². The second kappa shape index (κ2) is 34.2. The van der Waals surface area contributed by atoms with Crippen LogP contribution in [0.4, 0.5) is 0 Å². The summed E-state index contributed by atoms with van der Waals surface area (Å²) in [5, 5.41) is 24.4. The van der Waals surface area contributed by atoms with Crippen LogP contribution in [0.25, 0.3) is 0 Å². The van der Waals surface area contributed by atoms with Gasteiger partial charge in [-0.2, -0.15) is 0 Å². The van der Waals surface area contributed by atoms with Gasteiger partial charge < -0.3 is 15.5 Å². The monoisotopic (exact) mass is 606 g/mol. The summed E-state index contributed by atoms with van der Waals surface area (Å²) < 4.78 is 0. The first-order valence-electron chi connectivity index (χ1n) is 19.4. The van der Waals surface area contributed by atoms with Gasteiger partial charge in [-0.3, -0.25) is 0 Å². The Labute approximate surface area is 271 Å². The van der Waals surface area contributed by atoms with Gasteiger partial charge in [-0.25, -0.2) is 0 Å². The third-order valence-electron chi connectivity index (χ3n) is 9.15. The second-order valence-corrected chi connectivity index (χ2v) is 13.6. The number of hydrogen-bond donors (Lipinski definition) is 3. The summed E-state index contributed by atoms with van der Waals surface area (Å²) in [7, 11) is 0. The second-order valence-electron chi connectivity index (χ2n) is 13.6. The first kappa shape index (κ1) is 42.4. The molecule has 0 spiro atoms. The van der Waals surface area contributed by atoms with Gasteiger partial charge in [0, 0.05) is 12.1 Å². The highest BCUT2D eigenvalue weighted by atomic mass is 16.3. The average Bonchev–Trinajstić information content (AvgIpc) is 2.99. The Balaban J connectivity index is 3.84. The summed E-state index contributed by atoms with van der Waals surface area (Å²) in [4.78, 5) is 0. The highest BCUT2D eigenvalue weighted by Gasteiger charge is 2.22. The van der Waals surface area contributed by atoms with Crippen LogP contribution in [0, 0.1) is 0 Å². The van der Waals surface area contributed by atoms with Crippen LogP contribution in [0.1, 0.15) is 207 Å². The van der Waals surface area contributed by atoms with Crippen molar-refractivity contribution in [3.63, 3.8) is 0 Å². The highest BCUT2D eigenvalue weighted by Crippen LogP contribution is 2.16. The molecule has 0 bridgehead atoms. The van der Waals surface area contributed by atoms with E-state index in [4.69, 9.17) is 0 Å². The zero-order chi connectivity index (χ0) is 31.6. The molecule has 0 aromatic heterocycles. The molecule has 3 nitrogen and oxygen atoms in total. The van der Waals surface area contributed by atoms with Gasteiger partial charge in [-0.1, -0.05) is 154 Å². The zero-order valence-corrected chi connectivity index (χ0v) is 29.8. The Kier molecular flexibility index (Phi) is 33.7. The maximum atomic E-state index is 10.4. The molecule has 0 fully saturated rings. The quantitative estimate of drug-likeness (QED) is 0.0505. The van der Waals surface area contributed by atoms with E-state index in [1.807, 2.05) is 13.8 Å². The molecule has 0 rings (SSSR count). The number of hydrogen-bond acceptors (Lipinski definition) is 3. The number of aliphatic hydroxyl groups is 2. The molecule has 0 saturated heterocycles. The predicted octanol–water partition coefficient (Wildman–Crippen LogP) is 12.1. The molecular formula is C40H79NO2. The topological polar surface area (TPSA) is 52.5 Å². The smallest absolute Gasteiger partial charge is 0.0665 e. The SMILES string of the molecule is CCCCCCCC/C=C\CCCCCCCC(NC(CCCCCCC/C=C\CCCCCCCC)C(C)O)C(C)O. The molecule has 3 N–H and O–H groups in total. The lowest BCUT2D eigenvalue weighted by atomic mass is 9.98. The molecule has 0 aliphatic rings. The Bertz CT molecular complexity index is 535. The van der Waals surface area contributed by atoms with Gasteiger partial charge >= 0.3 is 0 Å². The summed E-state index contributed by atoms with van der Waals surface area (Å²) >= 11 is 0. The first-order chi connectivity index (χ1) is 21.0. The minimum atomic E-state index is -0.382. The number of nitrogens with one attached hydrogen (secondary N) is 1. The number of unbranched alkanes of at least 4 members (excludes halogenated alkanes) is 22. The average molecular weight is 606 g/mol. The van der Waals surface area contributed by atoms with Gasteiger partial charge in [0.05, 0.1) is 12.2 Å². The minimum absolute atomic E-state index is 0.0765. The van der Waals surface area contributed by atoms with E-state index in [-0.39, 0.29) is 24.3 Å². The highest BCUT2D eigenvalue weighted by molar-refractivity contribution is 4.83. The van der Waals surface area contributed by atoms with Gasteiger partial charge in [0.1, 0.15) is 0 Å². The van der Waals surface area contributed by atoms with Crippen molar-refractivity contribution in [3.05, 3.63) is 24.3 Å². The Morgan fingerprint density at radius 3 is 0.930 bits per heavy atom. The van der Waals surface area contributed by atoms with Crippen molar-refractivity contribution < 1.29 is 10.2 Å². The van der Waals surface area contributed by atoms with Crippen molar-refractivity contribution >= 4 is 0 Å². The number of allylic oxidation sites excluding steroid dienone is 4. The largest absolute Gasteiger partial charge is 0.392 e. The molecule has 256 valence electrons. The lowest BCUT2D eigenvalue weighted by Crippen LogP contribution is -2.48. The Hall–Kier alpha value is -0.640. The van der Waals surface area contributed by atoms with Crippen LogP contribution in [-0.4, -0.2) is 34.5 Å². The van der Waals surface area contributed by atoms with Crippen molar-refractivity contribution in [2.75, 3.05) is 0 Å². The normalized spacial score (nSPS) is 15.0. The van der Waals surface area contributed by atoms with Crippen LogP contribution in [0.5, 0.6) is 0 Å². The van der Waals surface area contributed by atoms with Crippen LogP contribution < -0.4 is 5.32 Å². The van der Waals surface area contributed by atoms with E-state index < -0.39 is 0 Å². The van der Waals surface area contributed by atoms with E-state index in [0.717, 1.165) is 25.7 Å². The molecule has 4 atom stereocenters. The van der Waals surface area contributed by atoms with E-state index in [0.29, 0.717) is 0 Å². The Morgan fingerprint density at radius 1 is 0.395 bits per heavy atom. The fourth-order valence-corrected chi connectivity index (χ4v) is 6.07. The molecule has 0 heterocycles. The van der Waals surface area contributed by atoms with Crippen molar-refractivity contribution in [3.8, 4) is 0 Å². The molecule has 0 radical (unpaired) electrons. The van der Waals surface area contributed by atoms with E-state index >= 15 is 0 Å². The maximum absolute atomic E-state index is 10.4. The maximum Gasteiger partial charge on any atom is 0.0665 e. The third-order valence-corrected chi connectivity index (χ3v) is 9.15. The van der Waals surface area contributed by atoms with Crippen LogP contribution in [0.15, 0.2) is 24.3 Å². The van der Waals surface area contributed by atoms with E-state index in [9.17, 15) is 10.2 Å². The predicted molar refractivity (Wildman–Crippen MR) is 193 cm³/mol. The van der Waals surface area contributed by atoms with Crippen LogP contribution in [0.3, 0.4) is 0 Å². The van der Waals surface area contributed by atoms with E-state index in [1.165, 1.54) is 154 Å². The molecule has 0 aromatic rings. The summed E-state index contributed by atoms with van der Waals surface area (Å²) in [6.07, 6.45) is 44.9. The van der Waals surface area contributed by atoms with E-state index in [1.54, 1.807) is 0 Å².